The highest BCUT2D eigenvalue weighted by atomic mass is 32.2. The molecular formula is C7H10O6S. The Labute approximate surface area is 85.0 Å². The lowest BCUT2D eigenvalue weighted by Crippen LogP contribution is -2.15. The average molecular weight is 222 g/mol. The molecule has 0 bridgehead atoms. The van der Waals surface area contributed by atoms with Gasteiger partial charge in [0.15, 0.2) is 0 Å². The predicted molar refractivity (Wildman–Crippen MR) is 46.8 cm³/mol. The van der Waals surface area contributed by atoms with Gasteiger partial charge in [-0.1, -0.05) is 6.92 Å². The second-order valence-electron chi connectivity index (χ2n) is 2.23. The molecule has 0 amide bonds. The van der Waals surface area contributed by atoms with E-state index in [4.69, 9.17) is 5.11 Å². The van der Waals surface area contributed by atoms with E-state index in [1.807, 2.05) is 0 Å². The Morgan fingerprint density at radius 2 is 1.93 bits per heavy atom. The van der Waals surface area contributed by atoms with Crippen LogP contribution in [0, 0.1) is 0 Å². The van der Waals surface area contributed by atoms with Gasteiger partial charge in [0.05, 0.1) is 0 Å². The topological polar surface area (TPSA) is 89.9 Å². The van der Waals surface area contributed by atoms with Crippen molar-refractivity contribution in [3.8, 4) is 0 Å². The minimum absolute atomic E-state index is 0.0683. The van der Waals surface area contributed by atoms with Crippen molar-refractivity contribution in [1.29, 1.82) is 0 Å². The number of Topliss-reactive ketones (excluding diaryl/α,β-unsaturated/α-hetero) is 1. The first kappa shape index (κ1) is 12.9. The van der Waals surface area contributed by atoms with Gasteiger partial charge in [-0.15, -0.1) is 0 Å². The van der Waals surface area contributed by atoms with Crippen LogP contribution in [0.4, 0.5) is 0 Å². The van der Waals surface area contributed by atoms with Gasteiger partial charge in [0.25, 0.3) is 12.3 Å². The minimum Gasteiger partial charge on any atom is -0.385 e. The highest BCUT2D eigenvalue weighted by Crippen LogP contribution is 2.06. The zero-order chi connectivity index (χ0) is 11.0. The van der Waals surface area contributed by atoms with Gasteiger partial charge in [0, 0.05) is 6.42 Å². The molecule has 0 rings (SSSR count). The average Bonchev–Trinajstić information content (AvgIpc) is 2.17. The Bertz CT molecular complexity index is 226. The highest BCUT2D eigenvalue weighted by Gasteiger charge is 2.16. The molecule has 0 atom stereocenters. The molecule has 0 aromatic carbocycles. The van der Waals surface area contributed by atoms with Crippen LogP contribution in [0.25, 0.3) is 0 Å². The molecule has 0 saturated heterocycles. The molecule has 6 nitrogen and oxygen atoms in total. The third-order valence-corrected chi connectivity index (χ3v) is 1.54. The molecule has 0 heterocycles. The summed E-state index contributed by atoms with van der Waals surface area (Å²) in [4.78, 5) is 31.9. The summed E-state index contributed by atoms with van der Waals surface area (Å²) in [6.45, 7) is 0.928. The van der Waals surface area contributed by atoms with E-state index in [2.05, 4.69) is 8.37 Å². The largest absolute Gasteiger partial charge is 0.389 e. The molecule has 0 aliphatic heterocycles. The van der Waals surface area contributed by atoms with Crippen LogP contribution in [0.2, 0.25) is 0 Å². The van der Waals surface area contributed by atoms with E-state index in [1.165, 1.54) is 0 Å². The lowest BCUT2D eigenvalue weighted by Gasteiger charge is -1.99. The summed E-state index contributed by atoms with van der Waals surface area (Å²) < 4.78 is 8.33. The summed E-state index contributed by atoms with van der Waals surface area (Å²) in [7, 11) is 0. The standard InChI is InChI=1S/C7H10O6S/c1-2-3-5(9)7(11)13-14-12-6(10)4-8/h8H,2-4H2,1H3. The van der Waals surface area contributed by atoms with E-state index < -0.39 is 24.3 Å². The molecule has 0 unspecified atom stereocenters. The number of carbonyl (C=O) groups excluding carboxylic acids is 3. The zero-order valence-corrected chi connectivity index (χ0v) is 8.33. The van der Waals surface area contributed by atoms with Crippen LogP contribution < -0.4 is 0 Å². The molecule has 1 N–H and O–H groups in total. The van der Waals surface area contributed by atoms with Gasteiger partial charge >= 0.3 is 11.9 Å². The summed E-state index contributed by atoms with van der Waals surface area (Å²) in [6.07, 6.45) is 0.627. The number of rotatable bonds is 6. The molecule has 0 aromatic rings. The Morgan fingerprint density at radius 1 is 1.29 bits per heavy atom. The van der Waals surface area contributed by atoms with Crippen LogP contribution in [0.15, 0.2) is 0 Å². The van der Waals surface area contributed by atoms with Gasteiger partial charge in [-0.2, -0.15) is 0 Å². The Morgan fingerprint density at radius 3 is 2.43 bits per heavy atom. The van der Waals surface area contributed by atoms with Gasteiger partial charge < -0.3 is 13.5 Å². The minimum atomic E-state index is -1.07. The van der Waals surface area contributed by atoms with Crippen molar-refractivity contribution >= 4 is 30.0 Å². The predicted octanol–water partition coefficient (Wildman–Crippen LogP) is -0.00250. The van der Waals surface area contributed by atoms with Gasteiger partial charge in [0.1, 0.15) is 6.61 Å². The van der Waals surface area contributed by atoms with Crippen molar-refractivity contribution in [2.24, 2.45) is 0 Å². The molecule has 7 heteroatoms. The fourth-order valence-electron chi connectivity index (χ4n) is 0.488. The fraction of sp³-hybridized carbons (Fsp3) is 0.571. The Kier molecular flexibility index (Phi) is 6.77. The normalized spacial score (nSPS) is 9.29. The molecule has 80 valence electrons. The Balaban J connectivity index is 3.63. The molecule has 0 aliphatic carbocycles. The lowest BCUT2D eigenvalue weighted by molar-refractivity contribution is -0.147. The van der Waals surface area contributed by atoms with Crippen LogP contribution in [0.3, 0.4) is 0 Å². The van der Waals surface area contributed by atoms with Crippen molar-refractivity contribution in [1.82, 2.24) is 0 Å². The molecular weight excluding hydrogens is 212 g/mol. The molecule has 0 aliphatic rings. The molecule has 0 fully saturated rings. The first-order valence-corrected chi connectivity index (χ1v) is 4.50. The quantitative estimate of drug-likeness (QED) is 0.499. The van der Waals surface area contributed by atoms with E-state index in [0.29, 0.717) is 6.42 Å². The van der Waals surface area contributed by atoms with Crippen LogP contribution in [0.5, 0.6) is 0 Å². The number of aliphatic hydroxyl groups excluding tert-OH is 1. The number of hydrogen-bond acceptors (Lipinski definition) is 7. The van der Waals surface area contributed by atoms with Crippen LogP contribution in [0.1, 0.15) is 19.8 Å². The maximum atomic E-state index is 10.8. The highest BCUT2D eigenvalue weighted by molar-refractivity contribution is 7.90. The zero-order valence-electron chi connectivity index (χ0n) is 7.52. The Hall–Kier alpha value is -1.08. The van der Waals surface area contributed by atoms with E-state index in [-0.39, 0.29) is 18.7 Å². The van der Waals surface area contributed by atoms with E-state index in [1.54, 1.807) is 6.92 Å². The fourth-order valence-corrected chi connectivity index (χ4v) is 0.805. The number of ketones is 1. The number of carbonyl (C=O) groups is 3. The van der Waals surface area contributed by atoms with E-state index >= 15 is 0 Å². The van der Waals surface area contributed by atoms with Crippen LogP contribution in [-0.2, 0) is 22.7 Å². The monoisotopic (exact) mass is 222 g/mol. The smallest absolute Gasteiger partial charge is 0.385 e. The third-order valence-electron chi connectivity index (χ3n) is 1.07. The third kappa shape index (κ3) is 5.55. The first-order chi connectivity index (χ1) is 6.61. The van der Waals surface area contributed by atoms with Crippen molar-refractivity contribution in [2.75, 3.05) is 6.61 Å². The second kappa shape index (κ2) is 7.34. The molecule has 0 aromatic heterocycles. The molecule has 0 spiro atoms. The summed E-state index contributed by atoms with van der Waals surface area (Å²) in [6, 6.07) is 0. The molecule has 14 heavy (non-hydrogen) atoms. The van der Waals surface area contributed by atoms with Gasteiger partial charge in [-0.05, 0) is 6.42 Å². The maximum absolute atomic E-state index is 10.8. The van der Waals surface area contributed by atoms with Crippen molar-refractivity contribution in [2.45, 2.75) is 19.8 Å². The number of aliphatic hydroxyl groups is 1. The summed E-state index contributed by atoms with van der Waals surface area (Å²) in [5.74, 6) is -2.70. The number of hydrogen-bond donors (Lipinski definition) is 1. The molecule has 0 radical (unpaired) electrons. The first-order valence-electron chi connectivity index (χ1n) is 3.83. The lowest BCUT2D eigenvalue weighted by atomic mass is 10.2. The summed E-state index contributed by atoms with van der Waals surface area (Å²) >= 11 is 0.0683. The summed E-state index contributed by atoms with van der Waals surface area (Å²) in [5, 5.41) is 8.20. The van der Waals surface area contributed by atoms with Crippen molar-refractivity contribution in [3.63, 3.8) is 0 Å². The van der Waals surface area contributed by atoms with Crippen LogP contribution in [-0.4, -0.2) is 29.4 Å². The van der Waals surface area contributed by atoms with Crippen molar-refractivity contribution < 1.29 is 27.9 Å². The van der Waals surface area contributed by atoms with Gasteiger partial charge in [0.2, 0.25) is 5.78 Å². The van der Waals surface area contributed by atoms with E-state index in [0.717, 1.165) is 0 Å². The second-order valence-corrected chi connectivity index (χ2v) is 2.69. The van der Waals surface area contributed by atoms with Gasteiger partial charge in [-0.25, -0.2) is 9.59 Å². The SMILES string of the molecule is CCCC(=O)C(=O)OSOC(=O)CO. The molecule has 0 saturated carbocycles. The van der Waals surface area contributed by atoms with Crippen LogP contribution >= 0.6 is 12.3 Å². The van der Waals surface area contributed by atoms with Gasteiger partial charge in [-0.3, -0.25) is 4.79 Å². The van der Waals surface area contributed by atoms with Crippen molar-refractivity contribution in [3.05, 3.63) is 0 Å². The maximum Gasteiger partial charge on any atom is 0.389 e. The van der Waals surface area contributed by atoms with E-state index in [9.17, 15) is 14.4 Å². The summed E-state index contributed by atoms with van der Waals surface area (Å²) in [5.41, 5.74) is 0.